The molecule has 2 rings (SSSR count). The highest BCUT2D eigenvalue weighted by atomic mass is 16.5. The number of nitrogens with two attached hydrogens (primary N) is 1. The van der Waals surface area contributed by atoms with Crippen LogP contribution >= 0.6 is 0 Å². The molecule has 23 heavy (non-hydrogen) atoms. The lowest BCUT2D eigenvalue weighted by Crippen LogP contribution is -2.23. The maximum Gasteiger partial charge on any atom is 0.297 e. The van der Waals surface area contributed by atoms with Crippen LogP contribution in [0.1, 0.15) is 27.7 Å². The fraction of sp³-hybridized carbons (Fsp3) is 0.389. The molecule has 0 bridgehead atoms. The van der Waals surface area contributed by atoms with Crippen molar-refractivity contribution in [3.05, 3.63) is 40.2 Å². The number of aromatic nitrogens is 1. The molecular weight excluding hydrogens is 292 g/mol. The Hall–Kier alpha value is -2.43. The Bertz CT molecular complexity index is 800. The van der Waals surface area contributed by atoms with Crippen molar-refractivity contribution >= 4 is 16.6 Å². The summed E-state index contributed by atoms with van der Waals surface area (Å²) in [6, 6.07) is 5.42. The number of pyridine rings is 1. The van der Waals surface area contributed by atoms with E-state index in [0.29, 0.717) is 18.0 Å². The van der Waals surface area contributed by atoms with Gasteiger partial charge in [-0.05, 0) is 52.0 Å². The Morgan fingerprint density at radius 2 is 2.00 bits per heavy atom. The van der Waals surface area contributed by atoms with Crippen molar-refractivity contribution in [3.8, 4) is 11.5 Å². The molecule has 124 valence electrons. The van der Waals surface area contributed by atoms with Gasteiger partial charge in [0.2, 0.25) is 5.75 Å². The first-order chi connectivity index (χ1) is 10.8. The van der Waals surface area contributed by atoms with E-state index >= 15 is 0 Å². The van der Waals surface area contributed by atoms with E-state index in [-0.39, 0.29) is 17.4 Å². The van der Waals surface area contributed by atoms with Crippen molar-refractivity contribution in [2.75, 3.05) is 12.3 Å². The predicted molar refractivity (Wildman–Crippen MR) is 94.3 cm³/mol. The average molecular weight is 316 g/mol. The van der Waals surface area contributed by atoms with Crippen LogP contribution in [0.3, 0.4) is 0 Å². The third-order valence-electron chi connectivity index (χ3n) is 3.41. The lowest BCUT2D eigenvalue weighted by atomic mass is 10.1. The van der Waals surface area contributed by atoms with Gasteiger partial charge in [-0.1, -0.05) is 5.57 Å². The summed E-state index contributed by atoms with van der Waals surface area (Å²) in [7, 11) is 1.71. The third kappa shape index (κ3) is 3.67. The van der Waals surface area contributed by atoms with Crippen LogP contribution in [0.2, 0.25) is 0 Å². The molecular formula is C18H24N2O3. The minimum Gasteiger partial charge on any atom is -0.485 e. The molecule has 0 saturated heterocycles. The van der Waals surface area contributed by atoms with Crippen LogP contribution in [0.5, 0.6) is 11.5 Å². The number of rotatable bonds is 5. The van der Waals surface area contributed by atoms with Gasteiger partial charge in [-0.25, -0.2) is 0 Å². The van der Waals surface area contributed by atoms with E-state index in [1.54, 1.807) is 19.2 Å². The lowest BCUT2D eigenvalue weighted by Gasteiger charge is -2.18. The van der Waals surface area contributed by atoms with Crippen LogP contribution in [0.15, 0.2) is 34.6 Å². The SMILES string of the molecule is CC(C)=CCOc1c(OC(C)C)c(=O)n(C)c2cc(N)ccc12. The minimum absolute atomic E-state index is 0.125. The first-order valence-electron chi connectivity index (χ1n) is 7.66. The maximum absolute atomic E-state index is 12.6. The van der Waals surface area contributed by atoms with Crippen LogP contribution in [-0.2, 0) is 7.05 Å². The molecule has 0 aliphatic rings. The second-order valence-electron chi connectivity index (χ2n) is 6.06. The predicted octanol–water partition coefficient (Wildman–Crippen LogP) is 3.25. The molecule has 2 N–H and O–H groups in total. The van der Waals surface area contributed by atoms with Crippen LogP contribution in [0, 0.1) is 0 Å². The van der Waals surface area contributed by atoms with Crippen LogP contribution in [0.4, 0.5) is 5.69 Å². The number of allylic oxidation sites excluding steroid dienone is 1. The Kier molecular flexibility index (Phi) is 4.98. The molecule has 0 fully saturated rings. The number of fused-ring (bicyclic) bond motifs is 1. The van der Waals surface area contributed by atoms with E-state index in [4.69, 9.17) is 15.2 Å². The molecule has 0 radical (unpaired) electrons. The zero-order valence-electron chi connectivity index (χ0n) is 14.3. The highest BCUT2D eigenvalue weighted by molar-refractivity contribution is 5.90. The summed E-state index contributed by atoms with van der Waals surface area (Å²) in [6.45, 7) is 8.14. The summed E-state index contributed by atoms with van der Waals surface area (Å²) in [5.41, 5.74) is 8.09. The molecule has 0 spiro atoms. The fourth-order valence-electron chi connectivity index (χ4n) is 2.27. The first kappa shape index (κ1) is 16.9. The quantitative estimate of drug-likeness (QED) is 0.679. The summed E-state index contributed by atoms with van der Waals surface area (Å²) in [5.74, 6) is 0.705. The highest BCUT2D eigenvalue weighted by Crippen LogP contribution is 2.34. The van der Waals surface area contributed by atoms with Gasteiger partial charge in [-0.2, -0.15) is 0 Å². The Labute approximate surface area is 136 Å². The number of hydrogen-bond donors (Lipinski definition) is 1. The summed E-state index contributed by atoms with van der Waals surface area (Å²) in [5, 5.41) is 0.805. The third-order valence-corrected chi connectivity index (χ3v) is 3.41. The molecule has 2 aromatic rings. The van der Waals surface area contributed by atoms with Gasteiger partial charge in [0.15, 0.2) is 5.75 Å². The Balaban J connectivity index is 2.69. The molecule has 5 heteroatoms. The standard InChI is InChI=1S/C18H24N2O3/c1-11(2)8-9-22-16-14-7-6-13(19)10-15(14)20(5)18(21)17(16)23-12(3)4/h6-8,10,12H,9,19H2,1-5H3. The van der Waals surface area contributed by atoms with Crippen molar-refractivity contribution in [1.82, 2.24) is 4.57 Å². The minimum atomic E-state index is -0.232. The second-order valence-corrected chi connectivity index (χ2v) is 6.06. The molecule has 0 amide bonds. The number of aryl methyl sites for hydroxylation is 1. The van der Waals surface area contributed by atoms with Gasteiger partial charge in [0.05, 0.1) is 11.6 Å². The topological polar surface area (TPSA) is 66.5 Å². The molecule has 1 aromatic carbocycles. The molecule has 0 saturated carbocycles. The fourth-order valence-corrected chi connectivity index (χ4v) is 2.27. The second kappa shape index (κ2) is 6.77. The Morgan fingerprint density at radius 1 is 1.30 bits per heavy atom. The summed E-state index contributed by atoms with van der Waals surface area (Å²) in [4.78, 5) is 12.6. The number of anilines is 1. The zero-order chi connectivity index (χ0) is 17.1. The first-order valence-corrected chi connectivity index (χ1v) is 7.66. The molecule has 1 heterocycles. The highest BCUT2D eigenvalue weighted by Gasteiger charge is 2.19. The molecule has 1 aromatic heterocycles. The number of nitrogen functional groups attached to an aromatic ring is 1. The van der Waals surface area contributed by atoms with Crippen molar-refractivity contribution in [3.63, 3.8) is 0 Å². The maximum atomic E-state index is 12.6. The Morgan fingerprint density at radius 3 is 2.61 bits per heavy atom. The van der Waals surface area contributed by atoms with Crippen molar-refractivity contribution in [2.45, 2.75) is 33.8 Å². The monoisotopic (exact) mass is 316 g/mol. The van der Waals surface area contributed by atoms with Gasteiger partial charge in [0, 0.05) is 18.1 Å². The number of benzene rings is 1. The van der Waals surface area contributed by atoms with Gasteiger partial charge >= 0.3 is 0 Å². The molecule has 0 aliphatic carbocycles. The summed E-state index contributed by atoms with van der Waals surface area (Å²) in [6.07, 6.45) is 1.83. The van der Waals surface area contributed by atoms with Crippen LogP contribution in [-0.4, -0.2) is 17.3 Å². The molecule has 0 atom stereocenters. The van der Waals surface area contributed by atoms with Gasteiger partial charge < -0.3 is 19.8 Å². The van der Waals surface area contributed by atoms with Gasteiger partial charge in [-0.3, -0.25) is 4.79 Å². The van der Waals surface area contributed by atoms with E-state index in [1.165, 1.54) is 4.57 Å². The normalized spacial score (nSPS) is 10.9. The van der Waals surface area contributed by atoms with Gasteiger partial charge in [0.25, 0.3) is 5.56 Å². The molecule has 5 nitrogen and oxygen atoms in total. The van der Waals surface area contributed by atoms with Crippen molar-refractivity contribution < 1.29 is 9.47 Å². The van der Waals surface area contributed by atoms with Gasteiger partial charge in [0.1, 0.15) is 6.61 Å². The number of hydrogen-bond acceptors (Lipinski definition) is 4. The average Bonchev–Trinajstić information content (AvgIpc) is 2.47. The summed E-state index contributed by atoms with van der Waals surface area (Å²) < 4.78 is 13.2. The largest absolute Gasteiger partial charge is 0.485 e. The molecule has 0 aliphatic heterocycles. The number of ether oxygens (including phenoxy) is 2. The van der Waals surface area contributed by atoms with Gasteiger partial charge in [-0.15, -0.1) is 0 Å². The van der Waals surface area contributed by atoms with E-state index in [1.807, 2.05) is 39.8 Å². The van der Waals surface area contributed by atoms with E-state index in [9.17, 15) is 4.79 Å². The molecule has 0 unspecified atom stereocenters. The van der Waals surface area contributed by atoms with Crippen molar-refractivity contribution in [2.24, 2.45) is 7.05 Å². The number of nitrogens with zero attached hydrogens (tertiary/aromatic N) is 1. The van der Waals surface area contributed by atoms with Crippen LogP contribution in [0.25, 0.3) is 10.9 Å². The van der Waals surface area contributed by atoms with E-state index in [2.05, 4.69) is 0 Å². The lowest BCUT2D eigenvalue weighted by molar-refractivity contribution is 0.222. The summed E-state index contributed by atoms with van der Waals surface area (Å²) >= 11 is 0. The van der Waals surface area contributed by atoms with Crippen molar-refractivity contribution in [1.29, 1.82) is 0 Å². The zero-order valence-corrected chi connectivity index (χ0v) is 14.3. The van der Waals surface area contributed by atoms with E-state index < -0.39 is 0 Å². The van der Waals surface area contributed by atoms with E-state index in [0.717, 1.165) is 16.5 Å². The smallest absolute Gasteiger partial charge is 0.297 e. The van der Waals surface area contributed by atoms with Crippen LogP contribution < -0.4 is 20.8 Å².